The van der Waals surface area contributed by atoms with Crippen LogP contribution in [0.3, 0.4) is 0 Å². The third-order valence-corrected chi connectivity index (χ3v) is 4.15. The Morgan fingerprint density at radius 2 is 2.05 bits per heavy atom. The van der Waals surface area contributed by atoms with Crippen molar-refractivity contribution in [3.63, 3.8) is 0 Å². The summed E-state index contributed by atoms with van der Waals surface area (Å²) in [6.45, 7) is 8.94. The second kappa shape index (κ2) is 5.63. The van der Waals surface area contributed by atoms with E-state index in [1.54, 1.807) is 19.1 Å². The van der Waals surface area contributed by atoms with E-state index >= 15 is 0 Å². The van der Waals surface area contributed by atoms with Crippen molar-refractivity contribution in [2.75, 3.05) is 0 Å². The van der Waals surface area contributed by atoms with E-state index in [1.807, 2.05) is 20.8 Å². The van der Waals surface area contributed by atoms with Gasteiger partial charge in [0.1, 0.15) is 6.10 Å². The monoisotopic (exact) mass is 270 g/mol. The zero-order valence-electron chi connectivity index (χ0n) is 12.5. The number of aliphatic hydroxyl groups excluding tert-OH is 1. The molecule has 0 saturated heterocycles. The van der Waals surface area contributed by atoms with E-state index < -0.39 is 17.1 Å². The lowest BCUT2D eigenvalue weighted by atomic mass is 9.59. The molecule has 0 aliphatic heterocycles. The van der Waals surface area contributed by atoms with E-state index in [0.717, 1.165) is 0 Å². The molecule has 1 rings (SSSR count). The highest BCUT2D eigenvalue weighted by atomic mass is 16.5. The average molecular weight is 270 g/mol. The molecular formula is C15H26O4. The van der Waals surface area contributed by atoms with Gasteiger partial charge in [-0.15, -0.1) is 0 Å². The molecule has 1 saturated carbocycles. The predicted molar refractivity (Wildman–Crippen MR) is 73.5 cm³/mol. The molecule has 0 unspecified atom stereocenters. The van der Waals surface area contributed by atoms with Gasteiger partial charge in [0, 0.05) is 12.3 Å². The summed E-state index contributed by atoms with van der Waals surface area (Å²) >= 11 is 0. The summed E-state index contributed by atoms with van der Waals surface area (Å²) in [5.41, 5.74) is -1.42. The molecular weight excluding hydrogens is 244 g/mol. The van der Waals surface area contributed by atoms with Crippen LogP contribution in [0.5, 0.6) is 0 Å². The highest BCUT2D eigenvalue weighted by Gasteiger charge is 2.51. The number of hydrogen-bond donors (Lipinski definition) is 2. The minimum Gasteiger partial charge on any atom is -0.463 e. The van der Waals surface area contributed by atoms with Crippen LogP contribution in [-0.2, 0) is 9.53 Å². The number of ether oxygens (including phenoxy) is 1. The molecule has 1 aliphatic carbocycles. The van der Waals surface area contributed by atoms with Crippen molar-refractivity contribution in [1.82, 2.24) is 0 Å². The molecule has 4 atom stereocenters. The first kappa shape index (κ1) is 16.2. The van der Waals surface area contributed by atoms with Gasteiger partial charge in [-0.05, 0) is 25.7 Å². The smallest absolute Gasteiger partial charge is 0.302 e. The SMILES string of the molecule is CC(=O)O[C@H]1C[C@@H](C)[C@](O)(/C=C/[C@@H](C)O)C(C)(C)C1. The van der Waals surface area contributed by atoms with E-state index in [1.165, 1.54) is 6.92 Å². The van der Waals surface area contributed by atoms with Crippen molar-refractivity contribution in [1.29, 1.82) is 0 Å². The first-order valence-electron chi connectivity index (χ1n) is 6.85. The Kier molecular flexibility index (Phi) is 4.80. The molecule has 0 radical (unpaired) electrons. The first-order valence-corrected chi connectivity index (χ1v) is 6.85. The minimum absolute atomic E-state index is 0.0457. The van der Waals surface area contributed by atoms with E-state index in [-0.39, 0.29) is 18.0 Å². The van der Waals surface area contributed by atoms with Crippen molar-refractivity contribution in [3.8, 4) is 0 Å². The van der Waals surface area contributed by atoms with Crippen molar-refractivity contribution >= 4 is 5.97 Å². The quantitative estimate of drug-likeness (QED) is 0.608. The largest absolute Gasteiger partial charge is 0.463 e. The number of hydrogen-bond acceptors (Lipinski definition) is 4. The molecule has 0 aromatic carbocycles. The highest BCUT2D eigenvalue weighted by molar-refractivity contribution is 5.66. The lowest BCUT2D eigenvalue weighted by Crippen LogP contribution is -2.55. The molecule has 4 nitrogen and oxygen atoms in total. The molecule has 110 valence electrons. The van der Waals surface area contributed by atoms with Crippen molar-refractivity contribution in [2.45, 2.75) is 65.3 Å². The maximum atomic E-state index is 11.1. The number of esters is 1. The van der Waals surface area contributed by atoms with Gasteiger partial charge in [0.25, 0.3) is 0 Å². The Balaban J connectivity index is 2.94. The van der Waals surface area contributed by atoms with Crippen molar-refractivity contribution < 1.29 is 19.7 Å². The summed E-state index contributed by atoms with van der Waals surface area (Å²) < 4.78 is 5.29. The molecule has 1 fully saturated rings. The van der Waals surface area contributed by atoms with E-state index in [4.69, 9.17) is 4.74 Å². The molecule has 0 aromatic heterocycles. The standard InChI is InChI=1S/C15H26O4/c1-10-8-13(19-12(3)17)9-14(4,5)15(10,18)7-6-11(2)16/h6-7,10-11,13,16,18H,8-9H2,1-5H3/b7-6+/t10-,11-,13+,15-/m1/s1. The van der Waals surface area contributed by atoms with Crippen LogP contribution in [-0.4, -0.2) is 34.0 Å². The molecule has 2 N–H and O–H groups in total. The molecule has 0 aromatic rings. The summed E-state index contributed by atoms with van der Waals surface area (Å²) in [5.74, 6) is -0.325. The fourth-order valence-corrected chi connectivity index (χ4v) is 3.06. The van der Waals surface area contributed by atoms with Gasteiger partial charge in [-0.25, -0.2) is 0 Å². The minimum atomic E-state index is -0.999. The Bertz CT molecular complexity index is 359. The highest BCUT2D eigenvalue weighted by Crippen LogP contribution is 2.48. The Morgan fingerprint density at radius 3 is 2.47 bits per heavy atom. The molecule has 19 heavy (non-hydrogen) atoms. The normalized spacial score (nSPS) is 36.2. The van der Waals surface area contributed by atoms with Crippen LogP contribution < -0.4 is 0 Å². The topological polar surface area (TPSA) is 66.8 Å². The number of carbonyl (C=O) groups is 1. The number of aliphatic hydroxyl groups is 2. The van der Waals surface area contributed by atoms with Gasteiger partial charge in [-0.2, -0.15) is 0 Å². The molecule has 4 heteroatoms. The van der Waals surface area contributed by atoms with Crippen molar-refractivity contribution in [3.05, 3.63) is 12.2 Å². The summed E-state index contributed by atoms with van der Waals surface area (Å²) in [6, 6.07) is 0. The van der Waals surface area contributed by atoms with Gasteiger partial charge in [-0.1, -0.05) is 32.9 Å². The average Bonchev–Trinajstić information content (AvgIpc) is 2.21. The third kappa shape index (κ3) is 3.57. The Morgan fingerprint density at radius 1 is 1.47 bits per heavy atom. The summed E-state index contributed by atoms with van der Waals surface area (Å²) in [4.78, 5) is 11.1. The molecule has 0 bridgehead atoms. The van der Waals surface area contributed by atoms with Crippen LogP contribution in [0.4, 0.5) is 0 Å². The number of rotatable bonds is 3. The van der Waals surface area contributed by atoms with Gasteiger partial charge < -0.3 is 14.9 Å². The van der Waals surface area contributed by atoms with Gasteiger partial charge in [-0.3, -0.25) is 4.79 Å². The zero-order valence-corrected chi connectivity index (χ0v) is 12.5. The number of carbonyl (C=O) groups excluding carboxylic acids is 1. The first-order chi connectivity index (χ1) is 8.58. The lowest BCUT2D eigenvalue weighted by Gasteiger charge is -2.51. The van der Waals surface area contributed by atoms with Gasteiger partial charge in [0.15, 0.2) is 0 Å². The molecule has 0 heterocycles. The van der Waals surface area contributed by atoms with Crippen LogP contribution in [0.2, 0.25) is 0 Å². The Labute approximate surface area is 115 Å². The maximum Gasteiger partial charge on any atom is 0.302 e. The predicted octanol–water partition coefficient (Wildman–Crippen LogP) is 2.04. The summed E-state index contributed by atoms with van der Waals surface area (Å²) in [7, 11) is 0. The molecule has 1 aliphatic rings. The summed E-state index contributed by atoms with van der Waals surface area (Å²) in [6.07, 6.45) is 3.82. The molecule has 0 amide bonds. The lowest BCUT2D eigenvalue weighted by molar-refractivity contribution is -0.166. The zero-order chi connectivity index (χ0) is 14.8. The van der Waals surface area contributed by atoms with E-state index in [2.05, 4.69) is 0 Å². The maximum absolute atomic E-state index is 11.1. The second-order valence-electron chi connectivity index (χ2n) is 6.38. The van der Waals surface area contributed by atoms with Crippen LogP contribution in [0.25, 0.3) is 0 Å². The fourth-order valence-electron chi connectivity index (χ4n) is 3.06. The van der Waals surface area contributed by atoms with E-state index in [9.17, 15) is 15.0 Å². The van der Waals surface area contributed by atoms with E-state index in [0.29, 0.717) is 12.8 Å². The summed E-state index contributed by atoms with van der Waals surface area (Å²) in [5, 5.41) is 20.3. The van der Waals surface area contributed by atoms with Crippen LogP contribution in [0.15, 0.2) is 12.2 Å². The van der Waals surface area contributed by atoms with Gasteiger partial charge in [0.2, 0.25) is 0 Å². The van der Waals surface area contributed by atoms with Crippen molar-refractivity contribution in [2.24, 2.45) is 11.3 Å². The van der Waals surface area contributed by atoms with Gasteiger partial charge in [0.05, 0.1) is 11.7 Å². The Hall–Kier alpha value is -0.870. The second-order valence-corrected chi connectivity index (χ2v) is 6.38. The van der Waals surface area contributed by atoms with Crippen LogP contribution >= 0.6 is 0 Å². The third-order valence-electron chi connectivity index (χ3n) is 4.15. The molecule has 0 spiro atoms. The fraction of sp³-hybridized carbons (Fsp3) is 0.800. The van der Waals surface area contributed by atoms with Gasteiger partial charge >= 0.3 is 5.97 Å². The van der Waals surface area contributed by atoms with Crippen LogP contribution in [0, 0.1) is 11.3 Å². The van der Waals surface area contributed by atoms with Crippen LogP contribution in [0.1, 0.15) is 47.5 Å².